The summed E-state index contributed by atoms with van der Waals surface area (Å²) < 4.78 is 31.4. The SMILES string of the molecule is Bc1ccc(-c2cc(F)cc(F)c2)cc1OC. The van der Waals surface area contributed by atoms with Crippen LogP contribution in [-0.4, -0.2) is 15.0 Å². The lowest BCUT2D eigenvalue weighted by molar-refractivity contribution is 0.418. The molecule has 0 fully saturated rings. The van der Waals surface area contributed by atoms with Gasteiger partial charge in [0.25, 0.3) is 0 Å². The van der Waals surface area contributed by atoms with Crippen LogP contribution in [0.1, 0.15) is 0 Å². The number of halogens is 2. The normalized spacial score (nSPS) is 10.3. The van der Waals surface area contributed by atoms with Gasteiger partial charge in [0.05, 0.1) is 7.11 Å². The first-order valence-electron chi connectivity index (χ1n) is 5.21. The van der Waals surface area contributed by atoms with Gasteiger partial charge in [-0.1, -0.05) is 12.1 Å². The third-order valence-corrected chi connectivity index (χ3v) is 2.60. The first-order valence-corrected chi connectivity index (χ1v) is 5.21. The maximum Gasteiger partial charge on any atom is 0.144 e. The summed E-state index contributed by atoms with van der Waals surface area (Å²) in [4.78, 5) is 0. The molecule has 0 aromatic heterocycles. The molecule has 0 amide bonds. The summed E-state index contributed by atoms with van der Waals surface area (Å²) in [6.45, 7) is 0. The molecule has 2 aromatic carbocycles. The molecule has 0 atom stereocenters. The van der Waals surface area contributed by atoms with Crippen molar-refractivity contribution in [1.82, 2.24) is 0 Å². The Kier molecular flexibility index (Phi) is 3.13. The molecule has 0 radical (unpaired) electrons. The lowest BCUT2D eigenvalue weighted by Crippen LogP contribution is -2.06. The molecule has 0 saturated carbocycles. The molecule has 0 saturated heterocycles. The summed E-state index contributed by atoms with van der Waals surface area (Å²) in [5, 5.41) is 0. The van der Waals surface area contributed by atoms with Crippen molar-refractivity contribution >= 4 is 13.3 Å². The number of hydrogen-bond acceptors (Lipinski definition) is 1. The molecule has 86 valence electrons. The molecule has 0 aliphatic heterocycles. The summed E-state index contributed by atoms with van der Waals surface area (Å²) >= 11 is 0. The zero-order valence-electron chi connectivity index (χ0n) is 9.63. The predicted octanol–water partition coefficient (Wildman–Crippen LogP) is 1.90. The van der Waals surface area contributed by atoms with Gasteiger partial charge in [0, 0.05) is 6.07 Å². The lowest BCUT2D eigenvalue weighted by Gasteiger charge is -2.08. The molecular weight excluding hydrogens is 221 g/mol. The Labute approximate surface area is 99.4 Å². The monoisotopic (exact) mass is 232 g/mol. The molecule has 0 aliphatic rings. The van der Waals surface area contributed by atoms with Gasteiger partial charge in [-0.25, -0.2) is 8.78 Å². The zero-order valence-corrected chi connectivity index (χ0v) is 9.63. The van der Waals surface area contributed by atoms with Gasteiger partial charge in [-0.2, -0.15) is 0 Å². The summed E-state index contributed by atoms with van der Waals surface area (Å²) in [5.41, 5.74) is 2.21. The molecule has 2 rings (SSSR count). The Morgan fingerprint density at radius 3 is 2.18 bits per heavy atom. The van der Waals surface area contributed by atoms with E-state index in [2.05, 4.69) is 0 Å². The fraction of sp³-hybridized carbons (Fsp3) is 0.0769. The van der Waals surface area contributed by atoms with Gasteiger partial charge in [0.2, 0.25) is 0 Å². The first-order chi connectivity index (χ1) is 8.10. The van der Waals surface area contributed by atoms with E-state index in [1.807, 2.05) is 20.0 Å². The summed E-state index contributed by atoms with van der Waals surface area (Å²) in [6, 6.07) is 8.89. The van der Waals surface area contributed by atoms with E-state index >= 15 is 0 Å². The van der Waals surface area contributed by atoms with Crippen LogP contribution in [-0.2, 0) is 0 Å². The second kappa shape index (κ2) is 4.57. The quantitative estimate of drug-likeness (QED) is 0.718. The fourth-order valence-electron chi connectivity index (χ4n) is 1.72. The highest BCUT2D eigenvalue weighted by Gasteiger charge is 2.05. The van der Waals surface area contributed by atoms with E-state index in [1.165, 1.54) is 12.1 Å². The lowest BCUT2D eigenvalue weighted by atomic mass is 9.92. The van der Waals surface area contributed by atoms with E-state index in [4.69, 9.17) is 4.74 Å². The van der Waals surface area contributed by atoms with Crippen LogP contribution in [0.2, 0.25) is 0 Å². The second-order valence-corrected chi connectivity index (χ2v) is 3.84. The van der Waals surface area contributed by atoms with Crippen LogP contribution in [0, 0.1) is 11.6 Å². The molecule has 0 spiro atoms. The van der Waals surface area contributed by atoms with Crippen LogP contribution in [0.4, 0.5) is 8.78 Å². The first kappa shape index (κ1) is 11.6. The van der Waals surface area contributed by atoms with Crippen molar-refractivity contribution in [1.29, 1.82) is 0 Å². The molecule has 0 aliphatic carbocycles. The molecule has 0 bridgehead atoms. The molecule has 17 heavy (non-hydrogen) atoms. The van der Waals surface area contributed by atoms with Gasteiger partial charge in [-0.15, -0.1) is 0 Å². The van der Waals surface area contributed by atoms with E-state index in [0.29, 0.717) is 11.3 Å². The predicted molar refractivity (Wildman–Crippen MR) is 66.5 cm³/mol. The van der Waals surface area contributed by atoms with Gasteiger partial charge in [0.1, 0.15) is 25.2 Å². The average molecular weight is 232 g/mol. The van der Waals surface area contributed by atoms with Crippen molar-refractivity contribution in [3.63, 3.8) is 0 Å². The minimum absolute atomic E-state index is 0.501. The van der Waals surface area contributed by atoms with Gasteiger partial charge >= 0.3 is 0 Å². The minimum Gasteiger partial charge on any atom is -0.497 e. The summed E-state index contributed by atoms with van der Waals surface area (Å²) in [6.07, 6.45) is 0. The van der Waals surface area contributed by atoms with Crippen molar-refractivity contribution < 1.29 is 13.5 Å². The topological polar surface area (TPSA) is 9.23 Å². The fourth-order valence-corrected chi connectivity index (χ4v) is 1.72. The van der Waals surface area contributed by atoms with Crippen LogP contribution in [0.15, 0.2) is 36.4 Å². The standard InChI is InChI=1S/C13H11BF2O/c1-17-13-6-8(2-3-12(13)14)9-4-10(15)7-11(16)5-9/h2-7H,14H2,1H3. The van der Waals surface area contributed by atoms with Crippen molar-refractivity contribution in [3.05, 3.63) is 48.0 Å². The van der Waals surface area contributed by atoms with Gasteiger partial charge in [-0.05, 0) is 34.8 Å². The largest absolute Gasteiger partial charge is 0.497 e. The number of methoxy groups -OCH3 is 1. The molecule has 2 aromatic rings. The minimum atomic E-state index is -0.584. The number of benzene rings is 2. The summed E-state index contributed by atoms with van der Waals surface area (Å²) in [5.74, 6) is -0.466. The molecule has 0 heterocycles. The zero-order chi connectivity index (χ0) is 12.4. The van der Waals surface area contributed by atoms with Gasteiger partial charge < -0.3 is 4.74 Å². The highest BCUT2D eigenvalue weighted by Crippen LogP contribution is 2.24. The third-order valence-electron chi connectivity index (χ3n) is 2.60. The van der Waals surface area contributed by atoms with Crippen LogP contribution < -0.4 is 10.2 Å². The Bertz CT molecular complexity index is 535. The van der Waals surface area contributed by atoms with Crippen molar-refractivity contribution in [2.45, 2.75) is 0 Å². The van der Waals surface area contributed by atoms with Crippen LogP contribution >= 0.6 is 0 Å². The molecule has 0 N–H and O–H groups in total. The summed E-state index contributed by atoms with van der Waals surface area (Å²) in [7, 11) is 3.48. The van der Waals surface area contributed by atoms with Crippen molar-refractivity contribution in [2.24, 2.45) is 0 Å². The number of rotatable bonds is 2. The Morgan fingerprint density at radius 2 is 1.59 bits per heavy atom. The maximum absolute atomic E-state index is 13.1. The van der Waals surface area contributed by atoms with Crippen LogP contribution in [0.25, 0.3) is 11.1 Å². The Hall–Kier alpha value is -1.84. The highest BCUT2D eigenvalue weighted by molar-refractivity contribution is 6.34. The second-order valence-electron chi connectivity index (χ2n) is 3.84. The van der Waals surface area contributed by atoms with Crippen LogP contribution in [0.3, 0.4) is 0 Å². The van der Waals surface area contributed by atoms with Crippen molar-refractivity contribution in [2.75, 3.05) is 7.11 Å². The number of hydrogen-bond donors (Lipinski definition) is 0. The molecule has 1 nitrogen and oxygen atoms in total. The van der Waals surface area contributed by atoms with Gasteiger partial charge in [-0.3, -0.25) is 0 Å². The maximum atomic E-state index is 13.1. The van der Waals surface area contributed by atoms with E-state index < -0.39 is 11.6 Å². The highest BCUT2D eigenvalue weighted by atomic mass is 19.1. The average Bonchev–Trinajstić information content (AvgIpc) is 2.28. The molecule has 0 unspecified atom stereocenters. The molecule has 4 heteroatoms. The molecular formula is C13H11BF2O. The Balaban J connectivity index is 2.52. The number of ether oxygens (including phenoxy) is 1. The van der Waals surface area contributed by atoms with E-state index in [0.717, 1.165) is 17.1 Å². The van der Waals surface area contributed by atoms with E-state index in [1.54, 1.807) is 13.2 Å². The van der Waals surface area contributed by atoms with Crippen LogP contribution in [0.5, 0.6) is 5.75 Å². The van der Waals surface area contributed by atoms with Gasteiger partial charge in [0.15, 0.2) is 0 Å². The van der Waals surface area contributed by atoms with E-state index in [-0.39, 0.29) is 0 Å². The smallest absolute Gasteiger partial charge is 0.144 e. The van der Waals surface area contributed by atoms with Crippen molar-refractivity contribution in [3.8, 4) is 16.9 Å². The third kappa shape index (κ3) is 2.46. The van der Waals surface area contributed by atoms with E-state index in [9.17, 15) is 8.78 Å². The Morgan fingerprint density at radius 1 is 0.941 bits per heavy atom.